The van der Waals surface area contributed by atoms with Gasteiger partial charge in [-0.3, -0.25) is 9.10 Å². The van der Waals surface area contributed by atoms with E-state index in [0.717, 1.165) is 15.9 Å². The van der Waals surface area contributed by atoms with E-state index in [0.29, 0.717) is 28.2 Å². The van der Waals surface area contributed by atoms with Gasteiger partial charge in [-0.1, -0.05) is 48.0 Å². The van der Waals surface area contributed by atoms with Gasteiger partial charge >= 0.3 is 6.18 Å². The van der Waals surface area contributed by atoms with E-state index in [1.807, 2.05) is 13.0 Å². The number of halogens is 3. The van der Waals surface area contributed by atoms with Gasteiger partial charge in [0.05, 0.1) is 28.0 Å². The number of carbonyl (C=O) groups is 1. The van der Waals surface area contributed by atoms with Crippen molar-refractivity contribution in [2.45, 2.75) is 38.8 Å². The molecule has 4 rings (SSSR count). The van der Waals surface area contributed by atoms with Crippen molar-refractivity contribution in [3.05, 3.63) is 113 Å². The number of nitrogens with zero attached hydrogens (tertiary/aromatic N) is 3. The Hall–Kier alpha value is -4.38. The van der Waals surface area contributed by atoms with Crippen molar-refractivity contribution in [3.63, 3.8) is 0 Å². The van der Waals surface area contributed by atoms with Gasteiger partial charge in [0.1, 0.15) is 6.54 Å². The summed E-state index contributed by atoms with van der Waals surface area (Å²) in [5, 5.41) is 3.98. The lowest BCUT2D eigenvalue weighted by Gasteiger charge is -2.25. The molecule has 41 heavy (non-hydrogen) atoms. The second-order valence-electron chi connectivity index (χ2n) is 9.58. The average molecular weight is 583 g/mol. The van der Waals surface area contributed by atoms with Crippen LogP contribution in [0, 0.1) is 27.7 Å². The molecule has 7 nitrogen and oxygen atoms in total. The minimum absolute atomic E-state index is 0.0195. The van der Waals surface area contributed by atoms with Gasteiger partial charge in [0, 0.05) is 17.0 Å². The predicted molar refractivity (Wildman–Crippen MR) is 153 cm³/mol. The largest absolute Gasteiger partial charge is 0.418 e. The van der Waals surface area contributed by atoms with Crippen molar-refractivity contribution in [3.8, 4) is 5.69 Å². The molecule has 11 heteroatoms. The third-order valence-electron chi connectivity index (χ3n) is 6.55. The molecule has 0 atom stereocenters. The summed E-state index contributed by atoms with van der Waals surface area (Å²) in [4.78, 5) is 13.0. The van der Waals surface area contributed by atoms with Crippen LogP contribution >= 0.6 is 0 Å². The Bertz CT molecular complexity index is 1710. The lowest BCUT2D eigenvalue weighted by Crippen LogP contribution is -2.40. The van der Waals surface area contributed by atoms with Crippen LogP contribution in [0.4, 0.5) is 18.9 Å². The van der Waals surface area contributed by atoms with Crippen LogP contribution in [0.1, 0.15) is 33.6 Å². The summed E-state index contributed by atoms with van der Waals surface area (Å²) in [6.45, 7) is 6.42. The lowest BCUT2D eigenvalue weighted by atomic mass is 10.1. The Morgan fingerprint density at radius 2 is 1.61 bits per heavy atom. The highest BCUT2D eigenvalue weighted by Gasteiger charge is 2.34. The quantitative estimate of drug-likeness (QED) is 0.202. The smallest absolute Gasteiger partial charge is 0.317 e. The molecule has 0 aliphatic carbocycles. The number of hydrazone groups is 1. The van der Waals surface area contributed by atoms with Crippen molar-refractivity contribution >= 4 is 27.8 Å². The van der Waals surface area contributed by atoms with E-state index in [4.69, 9.17) is 0 Å². The van der Waals surface area contributed by atoms with Gasteiger partial charge in [0.25, 0.3) is 15.9 Å². The van der Waals surface area contributed by atoms with Gasteiger partial charge in [-0.15, -0.1) is 0 Å². The molecule has 0 aliphatic rings. The number of amides is 1. The van der Waals surface area contributed by atoms with E-state index >= 15 is 0 Å². The van der Waals surface area contributed by atoms with Crippen LogP contribution in [0.25, 0.3) is 5.69 Å². The number of benzene rings is 3. The van der Waals surface area contributed by atoms with Crippen LogP contribution in [0.3, 0.4) is 0 Å². The third kappa shape index (κ3) is 6.35. The zero-order chi connectivity index (χ0) is 29.9. The molecule has 1 amide bonds. The number of aryl methyl sites for hydroxylation is 3. The fraction of sp³-hybridized carbons (Fsp3) is 0.200. The van der Waals surface area contributed by atoms with Crippen molar-refractivity contribution in [2.75, 3.05) is 10.8 Å². The molecule has 0 fully saturated rings. The van der Waals surface area contributed by atoms with Crippen molar-refractivity contribution < 1.29 is 26.4 Å². The number of alkyl halides is 3. The van der Waals surface area contributed by atoms with Crippen LogP contribution in [0.15, 0.2) is 88.9 Å². The lowest BCUT2D eigenvalue weighted by molar-refractivity contribution is -0.137. The summed E-state index contributed by atoms with van der Waals surface area (Å²) in [6, 6.07) is 20.0. The monoisotopic (exact) mass is 582 g/mol. The standard InChI is InChI=1S/C30H29F3N4O3S/c1-20-14-15-27(21(2)16-20)36(41(39,40)25-10-6-5-7-11-25)19-29(38)35-34-18-24-17-22(3)37(23(24)4)28-13-9-8-12-26(28)30(31,32)33/h5-18H,19H2,1-4H3,(H,35,38)/b34-18-. The average Bonchev–Trinajstić information content (AvgIpc) is 3.20. The minimum Gasteiger partial charge on any atom is -0.317 e. The first-order valence-electron chi connectivity index (χ1n) is 12.6. The van der Waals surface area contributed by atoms with E-state index in [9.17, 15) is 26.4 Å². The maximum atomic E-state index is 13.6. The Balaban J connectivity index is 1.59. The zero-order valence-corrected chi connectivity index (χ0v) is 23.7. The number of anilines is 1. The van der Waals surface area contributed by atoms with Crippen molar-refractivity contribution in [1.82, 2.24) is 9.99 Å². The zero-order valence-electron chi connectivity index (χ0n) is 22.9. The number of carbonyl (C=O) groups excluding carboxylic acids is 1. The van der Waals surface area contributed by atoms with Crippen molar-refractivity contribution in [2.24, 2.45) is 5.10 Å². The van der Waals surface area contributed by atoms with E-state index in [1.54, 1.807) is 57.2 Å². The number of hydrogen-bond donors (Lipinski definition) is 1. The molecule has 0 spiro atoms. The molecule has 1 heterocycles. The number of sulfonamides is 1. The first-order valence-corrected chi connectivity index (χ1v) is 14.1. The van der Waals surface area contributed by atoms with Gasteiger partial charge in [0.2, 0.25) is 0 Å². The van der Waals surface area contributed by atoms with Crippen LogP contribution in [-0.4, -0.2) is 31.7 Å². The summed E-state index contributed by atoms with van der Waals surface area (Å²) in [7, 11) is -4.09. The second-order valence-corrected chi connectivity index (χ2v) is 11.4. The van der Waals surface area contributed by atoms with E-state index < -0.39 is 34.2 Å². The molecule has 1 N–H and O–H groups in total. The normalized spacial score (nSPS) is 12.1. The van der Waals surface area contributed by atoms with Gasteiger partial charge < -0.3 is 4.57 Å². The van der Waals surface area contributed by atoms with Crippen LogP contribution < -0.4 is 9.73 Å². The van der Waals surface area contributed by atoms with Crippen LogP contribution in [-0.2, 0) is 21.0 Å². The first-order chi connectivity index (χ1) is 19.3. The molecule has 3 aromatic carbocycles. The first kappa shape index (κ1) is 29.6. The maximum absolute atomic E-state index is 13.6. The molecule has 0 aliphatic heterocycles. The van der Waals surface area contributed by atoms with Crippen molar-refractivity contribution in [1.29, 1.82) is 0 Å². The third-order valence-corrected chi connectivity index (χ3v) is 8.33. The Kier molecular flexibility index (Phi) is 8.39. The van der Waals surface area contributed by atoms with Gasteiger partial charge in [0.15, 0.2) is 0 Å². The molecule has 0 bridgehead atoms. The number of nitrogens with one attached hydrogen (secondary N) is 1. The predicted octanol–water partition coefficient (Wildman–Crippen LogP) is 6.08. The Morgan fingerprint density at radius 1 is 0.951 bits per heavy atom. The number of hydrogen-bond acceptors (Lipinski definition) is 4. The molecule has 0 unspecified atom stereocenters. The highest BCUT2D eigenvalue weighted by molar-refractivity contribution is 7.92. The summed E-state index contributed by atoms with van der Waals surface area (Å²) in [5.74, 6) is -0.697. The summed E-state index contributed by atoms with van der Waals surface area (Å²) < 4.78 is 70.5. The number of aromatic nitrogens is 1. The van der Waals surface area contributed by atoms with Gasteiger partial charge in [-0.05, 0) is 69.7 Å². The number of para-hydroxylation sites is 1. The maximum Gasteiger partial charge on any atom is 0.418 e. The Labute approximate surface area is 237 Å². The van der Waals surface area contributed by atoms with Gasteiger partial charge in [-0.25, -0.2) is 13.8 Å². The molecule has 0 saturated carbocycles. The summed E-state index contributed by atoms with van der Waals surface area (Å²) in [5.41, 5.74) is 5.04. The Morgan fingerprint density at radius 3 is 2.27 bits per heavy atom. The highest BCUT2D eigenvalue weighted by atomic mass is 32.2. The fourth-order valence-corrected chi connectivity index (χ4v) is 6.15. The second kappa shape index (κ2) is 11.6. The number of rotatable bonds is 8. The molecule has 0 radical (unpaired) electrons. The molecular formula is C30H29F3N4O3S. The summed E-state index contributed by atoms with van der Waals surface area (Å²) >= 11 is 0. The van der Waals surface area contributed by atoms with Gasteiger partial charge in [-0.2, -0.15) is 18.3 Å². The van der Waals surface area contributed by atoms with Crippen LogP contribution in [0.2, 0.25) is 0 Å². The fourth-order valence-electron chi connectivity index (χ4n) is 4.64. The molecular weight excluding hydrogens is 553 g/mol. The topological polar surface area (TPSA) is 83.8 Å². The molecule has 1 aromatic heterocycles. The highest BCUT2D eigenvalue weighted by Crippen LogP contribution is 2.35. The van der Waals surface area contributed by atoms with Crippen LogP contribution in [0.5, 0.6) is 0 Å². The molecule has 0 saturated heterocycles. The van der Waals surface area contributed by atoms with E-state index in [2.05, 4.69) is 10.5 Å². The molecule has 4 aromatic rings. The van der Waals surface area contributed by atoms with E-state index in [-0.39, 0.29) is 10.6 Å². The minimum atomic E-state index is -4.54. The van der Waals surface area contributed by atoms with E-state index in [1.165, 1.54) is 41.1 Å². The SMILES string of the molecule is Cc1ccc(N(CC(=O)N/N=C\c2cc(C)n(-c3ccccc3C(F)(F)F)c2C)S(=O)(=O)c2ccccc2)c(C)c1. The molecule has 214 valence electrons. The summed E-state index contributed by atoms with van der Waals surface area (Å²) in [6.07, 6.45) is -3.22.